The molecule has 0 spiro atoms. The van der Waals surface area contributed by atoms with Gasteiger partial charge in [0.2, 0.25) is 0 Å². The Morgan fingerprint density at radius 2 is 1.74 bits per heavy atom. The van der Waals surface area contributed by atoms with Crippen LogP contribution in [0.15, 0.2) is 24.3 Å². The number of hydrogen-bond donors (Lipinski definition) is 1. The molecule has 0 aromatic heterocycles. The lowest BCUT2D eigenvalue weighted by Gasteiger charge is -2.17. The summed E-state index contributed by atoms with van der Waals surface area (Å²) in [5, 5.41) is 3.04. The number of benzene rings is 1. The summed E-state index contributed by atoms with van der Waals surface area (Å²) in [5.74, 6) is 0.794. The van der Waals surface area contributed by atoms with E-state index in [1.54, 1.807) is 7.05 Å². The molecule has 0 heterocycles. The van der Waals surface area contributed by atoms with E-state index in [4.69, 9.17) is 9.47 Å². The molecule has 1 N–H and O–H groups in total. The first-order valence-electron chi connectivity index (χ1n) is 6.32. The number of halogens is 2. The van der Waals surface area contributed by atoms with Crippen LogP contribution < -0.4 is 10.1 Å². The zero-order chi connectivity index (χ0) is 14.3. The first kappa shape index (κ1) is 15.9. The Morgan fingerprint density at radius 1 is 1.11 bits per heavy atom. The molecule has 0 aliphatic heterocycles. The normalized spacial score (nSPS) is 13.0. The number of rotatable bonds is 8. The molecule has 1 aromatic rings. The molecule has 0 aliphatic rings. The predicted molar refractivity (Wildman–Crippen MR) is 70.8 cm³/mol. The summed E-state index contributed by atoms with van der Waals surface area (Å²) in [6, 6.07) is 7.45. The Morgan fingerprint density at radius 3 is 2.21 bits per heavy atom. The molecule has 0 amide bonds. The monoisotopic (exact) mass is 273 g/mol. The van der Waals surface area contributed by atoms with Gasteiger partial charge in [0.1, 0.15) is 12.4 Å². The molecule has 0 aliphatic carbocycles. The van der Waals surface area contributed by atoms with Gasteiger partial charge in [-0.1, -0.05) is 12.1 Å². The Labute approximate surface area is 112 Å². The highest BCUT2D eigenvalue weighted by Crippen LogP contribution is 2.19. The lowest BCUT2D eigenvalue weighted by Crippen LogP contribution is -2.23. The highest BCUT2D eigenvalue weighted by atomic mass is 19.3. The Balaban J connectivity index is 2.55. The highest BCUT2D eigenvalue weighted by molar-refractivity contribution is 5.29. The molecule has 3 nitrogen and oxygen atoms in total. The minimum atomic E-state index is -2.43. The van der Waals surface area contributed by atoms with Crippen LogP contribution in [0.1, 0.15) is 25.5 Å². The average Bonchev–Trinajstić information content (AvgIpc) is 2.35. The summed E-state index contributed by atoms with van der Waals surface area (Å²) in [4.78, 5) is 0. The van der Waals surface area contributed by atoms with Crippen LogP contribution in [-0.2, 0) is 4.74 Å². The zero-order valence-corrected chi connectivity index (χ0v) is 11.5. The van der Waals surface area contributed by atoms with Crippen molar-refractivity contribution in [2.45, 2.75) is 32.4 Å². The van der Waals surface area contributed by atoms with Crippen molar-refractivity contribution in [3.05, 3.63) is 29.8 Å². The third-order valence-electron chi connectivity index (χ3n) is 2.53. The number of nitrogens with one attached hydrogen (secondary N) is 1. The molecule has 1 rings (SSSR count). The Bertz CT molecular complexity index is 355. The summed E-state index contributed by atoms with van der Waals surface area (Å²) >= 11 is 0. The van der Waals surface area contributed by atoms with Gasteiger partial charge >= 0.3 is 0 Å². The maximum atomic E-state index is 12.0. The van der Waals surface area contributed by atoms with E-state index in [1.807, 2.05) is 38.1 Å². The summed E-state index contributed by atoms with van der Waals surface area (Å²) in [6.45, 7) is 3.60. The van der Waals surface area contributed by atoms with Gasteiger partial charge in [0.05, 0.1) is 18.8 Å². The quantitative estimate of drug-likeness (QED) is 0.789. The van der Waals surface area contributed by atoms with Crippen LogP contribution in [0.5, 0.6) is 5.75 Å². The van der Waals surface area contributed by atoms with Crippen molar-refractivity contribution in [3.8, 4) is 5.75 Å². The lowest BCUT2D eigenvalue weighted by molar-refractivity contribution is 0.00985. The van der Waals surface area contributed by atoms with Crippen LogP contribution in [-0.4, -0.2) is 32.8 Å². The maximum Gasteiger partial charge on any atom is 0.261 e. The van der Waals surface area contributed by atoms with Crippen molar-refractivity contribution in [1.82, 2.24) is 5.32 Å². The molecular formula is C14H21F2NO2. The van der Waals surface area contributed by atoms with E-state index in [2.05, 4.69) is 5.32 Å². The molecule has 0 radical (unpaired) electrons. The van der Waals surface area contributed by atoms with Crippen LogP contribution in [0.2, 0.25) is 0 Å². The van der Waals surface area contributed by atoms with Crippen molar-refractivity contribution < 1.29 is 18.3 Å². The molecule has 19 heavy (non-hydrogen) atoms. The smallest absolute Gasteiger partial charge is 0.261 e. The SMILES string of the molecule is CNC(COCC(F)F)c1ccc(OC(C)C)cc1. The molecule has 1 aromatic carbocycles. The van der Waals surface area contributed by atoms with Crippen molar-refractivity contribution in [1.29, 1.82) is 0 Å². The minimum Gasteiger partial charge on any atom is -0.491 e. The second kappa shape index (κ2) is 8.07. The van der Waals surface area contributed by atoms with E-state index in [0.29, 0.717) is 0 Å². The third-order valence-corrected chi connectivity index (χ3v) is 2.53. The van der Waals surface area contributed by atoms with E-state index in [-0.39, 0.29) is 18.8 Å². The van der Waals surface area contributed by atoms with E-state index >= 15 is 0 Å². The van der Waals surface area contributed by atoms with Gasteiger partial charge in [0, 0.05) is 0 Å². The van der Waals surface area contributed by atoms with Crippen LogP contribution in [0.25, 0.3) is 0 Å². The van der Waals surface area contributed by atoms with E-state index in [1.165, 1.54) is 0 Å². The van der Waals surface area contributed by atoms with Crippen LogP contribution in [0, 0.1) is 0 Å². The van der Waals surface area contributed by atoms with Crippen molar-refractivity contribution in [3.63, 3.8) is 0 Å². The number of ether oxygens (including phenoxy) is 2. The minimum absolute atomic E-state index is 0.105. The maximum absolute atomic E-state index is 12.0. The second-order valence-corrected chi connectivity index (χ2v) is 4.51. The molecule has 1 atom stereocenters. The second-order valence-electron chi connectivity index (χ2n) is 4.51. The third kappa shape index (κ3) is 5.98. The first-order valence-corrected chi connectivity index (χ1v) is 6.32. The molecular weight excluding hydrogens is 252 g/mol. The van der Waals surface area contributed by atoms with E-state index in [9.17, 15) is 8.78 Å². The van der Waals surface area contributed by atoms with Crippen molar-refractivity contribution >= 4 is 0 Å². The molecule has 0 saturated carbocycles. The van der Waals surface area contributed by atoms with Gasteiger partial charge < -0.3 is 14.8 Å². The fraction of sp³-hybridized carbons (Fsp3) is 0.571. The van der Waals surface area contributed by atoms with Gasteiger partial charge in [-0.05, 0) is 38.6 Å². The summed E-state index contributed by atoms with van der Waals surface area (Å²) < 4.78 is 34.5. The van der Waals surface area contributed by atoms with E-state index in [0.717, 1.165) is 11.3 Å². The molecule has 0 saturated heterocycles. The summed E-state index contributed by atoms with van der Waals surface area (Å²) in [6.07, 6.45) is -2.31. The van der Waals surface area contributed by atoms with Crippen LogP contribution in [0.4, 0.5) is 8.78 Å². The summed E-state index contributed by atoms with van der Waals surface area (Å²) in [5.41, 5.74) is 0.980. The highest BCUT2D eigenvalue weighted by Gasteiger charge is 2.11. The van der Waals surface area contributed by atoms with Crippen molar-refractivity contribution in [2.75, 3.05) is 20.3 Å². The fourth-order valence-electron chi connectivity index (χ4n) is 1.67. The van der Waals surface area contributed by atoms with Crippen LogP contribution >= 0.6 is 0 Å². The number of hydrogen-bond acceptors (Lipinski definition) is 3. The molecule has 108 valence electrons. The van der Waals surface area contributed by atoms with Gasteiger partial charge in [-0.3, -0.25) is 0 Å². The van der Waals surface area contributed by atoms with E-state index < -0.39 is 13.0 Å². The predicted octanol–water partition coefficient (Wildman–Crippen LogP) is 3.02. The standard InChI is InChI=1S/C14H21F2NO2/c1-10(2)19-12-6-4-11(5-7-12)13(17-3)8-18-9-14(15)16/h4-7,10,13-14,17H,8-9H2,1-3H3. The molecule has 5 heteroatoms. The fourth-order valence-corrected chi connectivity index (χ4v) is 1.67. The first-order chi connectivity index (χ1) is 9.02. The Hall–Kier alpha value is -1.20. The molecule has 1 unspecified atom stereocenters. The topological polar surface area (TPSA) is 30.5 Å². The Kier molecular flexibility index (Phi) is 6.73. The average molecular weight is 273 g/mol. The molecule has 0 bridgehead atoms. The molecule has 0 fully saturated rings. The van der Waals surface area contributed by atoms with Gasteiger partial charge in [0.25, 0.3) is 6.43 Å². The van der Waals surface area contributed by atoms with Gasteiger partial charge in [-0.25, -0.2) is 8.78 Å². The van der Waals surface area contributed by atoms with Crippen molar-refractivity contribution in [2.24, 2.45) is 0 Å². The van der Waals surface area contributed by atoms with Gasteiger partial charge in [-0.2, -0.15) is 0 Å². The van der Waals surface area contributed by atoms with Gasteiger partial charge in [0.15, 0.2) is 0 Å². The largest absolute Gasteiger partial charge is 0.491 e. The summed E-state index contributed by atoms with van der Waals surface area (Å²) in [7, 11) is 1.77. The zero-order valence-electron chi connectivity index (χ0n) is 11.5. The van der Waals surface area contributed by atoms with Gasteiger partial charge in [-0.15, -0.1) is 0 Å². The lowest BCUT2D eigenvalue weighted by atomic mass is 10.1. The number of likely N-dealkylation sites (N-methyl/N-ethyl adjacent to an activating group) is 1. The number of alkyl halides is 2. The van der Waals surface area contributed by atoms with Crippen LogP contribution in [0.3, 0.4) is 0 Å².